The Kier molecular flexibility index (Phi) is 6.44. The molecule has 0 fully saturated rings. The molecule has 0 radical (unpaired) electrons. The van der Waals surface area contributed by atoms with Crippen molar-refractivity contribution in [2.75, 3.05) is 6.61 Å². The number of ether oxygens (including phenoxy) is 1. The number of carbonyl (C=O) groups excluding carboxylic acids is 2. The zero-order valence-corrected chi connectivity index (χ0v) is 17.7. The molecule has 0 aliphatic rings. The van der Waals surface area contributed by atoms with E-state index in [9.17, 15) is 9.59 Å². The third-order valence-corrected chi connectivity index (χ3v) is 5.61. The van der Waals surface area contributed by atoms with Crippen molar-refractivity contribution in [3.63, 3.8) is 0 Å². The minimum atomic E-state index is -0.359. The Morgan fingerprint density at radius 3 is 2.72 bits per heavy atom. The molecule has 1 heterocycles. The van der Waals surface area contributed by atoms with E-state index in [2.05, 4.69) is 11.6 Å². The van der Waals surface area contributed by atoms with Crippen LogP contribution >= 0.6 is 11.3 Å². The highest BCUT2D eigenvalue weighted by Crippen LogP contribution is 2.20. The van der Waals surface area contributed by atoms with Crippen LogP contribution < -0.4 is 4.80 Å². The minimum absolute atomic E-state index is 0.200. The lowest BCUT2D eigenvalue weighted by Gasteiger charge is -2.05. The van der Waals surface area contributed by atoms with Gasteiger partial charge in [-0.05, 0) is 50.1 Å². The summed E-state index contributed by atoms with van der Waals surface area (Å²) in [4.78, 5) is 29.7. The zero-order chi connectivity index (χ0) is 21.0. The standard InChI is InChI=1S/C23H24N2O3S/c1-5-11-25-19-10-9-17(22(27)28-6-2)13-20(19)29-23(25)24-21(26)14-18-12-15(3)7-8-16(18)4/h5,7-10,12-13H,1,6,11,14H2,2-4H3. The van der Waals surface area contributed by atoms with Crippen LogP contribution in [0.5, 0.6) is 0 Å². The second kappa shape index (κ2) is 9.01. The predicted molar refractivity (Wildman–Crippen MR) is 116 cm³/mol. The summed E-state index contributed by atoms with van der Waals surface area (Å²) in [6.07, 6.45) is 2.02. The third-order valence-electron chi connectivity index (χ3n) is 4.57. The molecule has 0 unspecified atom stereocenters. The van der Waals surface area contributed by atoms with Gasteiger partial charge in [0.1, 0.15) is 0 Å². The number of hydrogen-bond acceptors (Lipinski definition) is 4. The van der Waals surface area contributed by atoms with Gasteiger partial charge in [-0.2, -0.15) is 4.99 Å². The first kappa shape index (κ1) is 20.7. The molecule has 0 atom stereocenters. The van der Waals surface area contributed by atoms with Gasteiger partial charge >= 0.3 is 5.97 Å². The molecule has 3 rings (SSSR count). The van der Waals surface area contributed by atoms with Crippen molar-refractivity contribution in [2.24, 2.45) is 4.99 Å². The van der Waals surface area contributed by atoms with Gasteiger partial charge in [0, 0.05) is 6.54 Å². The van der Waals surface area contributed by atoms with Crippen molar-refractivity contribution in [3.8, 4) is 0 Å². The topological polar surface area (TPSA) is 60.7 Å². The number of hydrogen-bond donors (Lipinski definition) is 0. The first-order chi connectivity index (χ1) is 13.9. The summed E-state index contributed by atoms with van der Waals surface area (Å²) in [6, 6.07) is 11.4. The lowest BCUT2D eigenvalue weighted by atomic mass is 10.0. The van der Waals surface area contributed by atoms with Crippen LogP contribution in [-0.2, 0) is 22.5 Å². The molecule has 0 spiro atoms. The Morgan fingerprint density at radius 2 is 2.00 bits per heavy atom. The second-order valence-electron chi connectivity index (χ2n) is 6.80. The van der Waals surface area contributed by atoms with Crippen molar-refractivity contribution in [1.82, 2.24) is 4.57 Å². The highest BCUT2D eigenvalue weighted by Gasteiger charge is 2.12. The summed E-state index contributed by atoms with van der Waals surface area (Å²) >= 11 is 1.38. The predicted octanol–water partition coefficient (Wildman–Crippen LogP) is 4.35. The fraction of sp³-hybridized carbons (Fsp3) is 0.261. The summed E-state index contributed by atoms with van der Waals surface area (Å²) in [5.41, 5.74) is 4.57. The van der Waals surface area contributed by atoms with E-state index in [1.165, 1.54) is 11.3 Å². The number of aryl methyl sites for hydroxylation is 2. The summed E-state index contributed by atoms with van der Waals surface area (Å²) in [5.74, 6) is -0.559. The van der Waals surface area contributed by atoms with Crippen LogP contribution in [0.4, 0.5) is 0 Å². The van der Waals surface area contributed by atoms with Gasteiger partial charge in [0.15, 0.2) is 4.80 Å². The molecule has 0 aliphatic heterocycles. The first-order valence-corrected chi connectivity index (χ1v) is 10.3. The van der Waals surface area contributed by atoms with Gasteiger partial charge in [-0.1, -0.05) is 41.2 Å². The summed E-state index contributed by atoms with van der Waals surface area (Å²) in [7, 11) is 0. The van der Waals surface area contributed by atoms with Crippen LogP contribution in [0.2, 0.25) is 0 Å². The van der Waals surface area contributed by atoms with E-state index in [0.717, 1.165) is 26.9 Å². The number of rotatable bonds is 6. The van der Waals surface area contributed by atoms with Gasteiger partial charge in [0.05, 0.1) is 28.8 Å². The molecule has 0 N–H and O–H groups in total. The van der Waals surface area contributed by atoms with E-state index >= 15 is 0 Å². The highest BCUT2D eigenvalue weighted by atomic mass is 32.1. The van der Waals surface area contributed by atoms with Gasteiger partial charge < -0.3 is 9.30 Å². The maximum absolute atomic E-state index is 12.7. The molecule has 150 valence electrons. The van der Waals surface area contributed by atoms with Crippen molar-refractivity contribution in [2.45, 2.75) is 33.7 Å². The molecule has 0 saturated carbocycles. The van der Waals surface area contributed by atoms with E-state index in [1.807, 2.05) is 42.7 Å². The van der Waals surface area contributed by atoms with E-state index in [1.54, 1.807) is 25.1 Å². The number of amides is 1. The Balaban J connectivity index is 2.01. The molecule has 0 bridgehead atoms. The molecule has 6 heteroatoms. The first-order valence-electron chi connectivity index (χ1n) is 9.48. The maximum Gasteiger partial charge on any atom is 0.338 e. The van der Waals surface area contributed by atoms with Crippen molar-refractivity contribution >= 4 is 33.4 Å². The van der Waals surface area contributed by atoms with E-state index in [0.29, 0.717) is 23.5 Å². The van der Waals surface area contributed by atoms with Crippen molar-refractivity contribution < 1.29 is 14.3 Å². The lowest BCUT2D eigenvalue weighted by Crippen LogP contribution is -2.17. The molecule has 3 aromatic rings. The van der Waals surface area contributed by atoms with E-state index < -0.39 is 0 Å². The molecular weight excluding hydrogens is 384 g/mol. The monoisotopic (exact) mass is 408 g/mol. The molecule has 0 aliphatic carbocycles. The maximum atomic E-state index is 12.7. The Bertz CT molecular complexity index is 1150. The largest absolute Gasteiger partial charge is 0.462 e. The fourth-order valence-corrected chi connectivity index (χ4v) is 4.20. The molecule has 1 amide bonds. The number of fused-ring (bicyclic) bond motifs is 1. The average Bonchev–Trinajstić information content (AvgIpc) is 3.01. The summed E-state index contributed by atoms with van der Waals surface area (Å²) < 4.78 is 7.88. The van der Waals surface area contributed by atoms with Crippen LogP contribution in [0, 0.1) is 13.8 Å². The number of carbonyl (C=O) groups is 2. The van der Waals surface area contributed by atoms with Gasteiger partial charge in [0.2, 0.25) is 0 Å². The quantitative estimate of drug-likeness (QED) is 0.450. The molecule has 1 aromatic heterocycles. The molecule has 5 nitrogen and oxygen atoms in total. The Hall–Kier alpha value is -2.99. The van der Waals surface area contributed by atoms with Gasteiger partial charge in [0.25, 0.3) is 5.91 Å². The highest BCUT2D eigenvalue weighted by molar-refractivity contribution is 7.16. The lowest BCUT2D eigenvalue weighted by molar-refractivity contribution is -0.117. The Labute approximate surface area is 174 Å². The second-order valence-corrected chi connectivity index (χ2v) is 7.81. The average molecular weight is 409 g/mol. The molecule has 0 saturated heterocycles. The number of benzene rings is 2. The van der Waals surface area contributed by atoms with E-state index in [-0.39, 0.29) is 18.3 Å². The number of aromatic nitrogens is 1. The fourth-order valence-electron chi connectivity index (χ4n) is 3.11. The van der Waals surface area contributed by atoms with Gasteiger partial charge in [-0.3, -0.25) is 4.79 Å². The number of allylic oxidation sites excluding steroid dienone is 1. The van der Waals surface area contributed by atoms with Crippen LogP contribution in [0.15, 0.2) is 54.0 Å². The van der Waals surface area contributed by atoms with E-state index in [4.69, 9.17) is 4.74 Å². The van der Waals surface area contributed by atoms with Crippen LogP contribution in [0.1, 0.15) is 34.0 Å². The third kappa shape index (κ3) is 4.71. The zero-order valence-electron chi connectivity index (χ0n) is 16.9. The Morgan fingerprint density at radius 1 is 1.21 bits per heavy atom. The van der Waals surface area contributed by atoms with Crippen molar-refractivity contribution in [1.29, 1.82) is 0 Å². The molecule has 2 aromatic carbocycles. The van der Waals surface area contributed by atoms with Crippen LogP contribution in [0.25, 0.3) is 10.2 Å². The SMILES string of the molecule is C=CCn1c(=NC(=O)Cc2cc(C)ccc2C)sc2cc(C(=O)OCC)ccc21. The number of thiazole rings is 1. The van der Waals surface area contributed by atoms with Gasteiger partial charge in [-0.25, -0.2) is 4.79 Å². The number of esters is 1. The van der Waals surface area contributed by atoms with Crippen molar-refractivity contribution in [3.05, 3.63) is 76.1 Å². The minimum Gasteiger partial charge on any atom is -0.462 e. The normalized spacial score (nSPS) is 11.6. The van der Waals surface area contributed by atoms with Gasteiger partial charge in [-0.15, -0.1) is 6.58 Å². The molecule has 29 heavy (non-hydrogen) atoms. The smallest absolute Gasteiger partial charge is 0.338 e. The summed E-state index contributed by atoms with van der Waals surface area (Å²) in [5, 5.41) is 0. The number of nitrogens with zero attached hydrogens (tertiary/aromatic N) is 2. The molecular formula is C23H24N2O3S. The van der Waals surface area contributed by atoms with Crippen LogP contribution in [-0.4, -0.2) is 23.1 Å². The summed E-state index contributed by atoms with van der Waals surface area (Å²) in [6.45, 7) is 10.4. The van der Waals surface area contributed by atoms with Crippen LogP contribution in [0.3, 0.4) is 0 Å².